The molecule has 1 unspecified atom stereocenters. The van der Waals surface area contributed by atoms with Gasteiger partial charge in [-0.05, 0) is 12.5 Å². The van der Waals surface area contributed by atoms with Crippen LogP contribution in [0.25, 0.3) is 0 Å². The normalized spacial score (nSPS) is 32.0. The van der Waals surface area contributed by atoms with Crippen LogP contribution in [0.3, 0.4) is 0 Å². The van der Waals surface area contributed by atoms with E-state index in [9.17, 15) is 5.11 Å². The summed E-state index contributed by atoms with van der Waals surface area (Å²) in [5.41, 5.74) is 1.10. The lowest BCUT2D eigenvalue weighted by Gasteiger charge is -2.41. The number of hydrogen-bond donors (Lipinski definition) is 1. The molecule has 112 valence electrons. The maximum Gasteiger partial charge on any atom is 0.113 e. The molecule has 20 heavy (non-hydrogen) atoms. The molecule has 0 radical (unpaired) electrons. The standard InChI is InChI=1S/C16H24O4/c1-11-9-19-15(12(2)17)16(14(11)18-3)20-10-13-7-5-4-6-8-13/h4-8,11-12,14-17H,9-10H2,1-3H3/t11-,12?,14-,15-,16+/m0/s1. The molecule has 1 aliphatic rings. The van der Waals surface area contributed by atoms with Crippen molar-refractivity contribution in [1.29, 1.82) is 0 Å². The molecule has 0 aliphatic carbocycles. The van der Waals surface area contributed by atoms with Gasteiger partial charge in [0.15, 0.2) is 0 Å². The maximum absolute atomic E-state index is 9.88. The quantitative estimate of drug-likeness (QED) is 0.896. The largest absolute Gasteiger partial charge is 0.391 e. The van der Waals surface area contributed by atoms with Crippen LogP contribution in [0.5, 0.6) is 0 Å². The van der Waals surface area contributed by atoms with Crippen LogP contribution in [0.4, 0.5) is 0 Å². The van der Waals surface area contributed by atoms with Crippen molar-refractivity contribution in [3.63, 3.8) is 0 Å². The highest BCUT2D eigenvalue weighted by molar-refractivity contribution is 5.13. The summed E-state index contributed by atoms with van der Waals surface area (Å²) in [6, 6.07) is 9.99. The lowest BCUT2D eigenvalue weighted by molar-refractivity contribution is -0.215. The molecule has 0 aromatic heterocycles. The minimum Gasteiger partial charge on any atom is -0.391 e. The van der Waals surface area contributed by atoms with Gasteiger partial charge < -0.3 is 19.3 Å². The van der Waals surface area contributed by atoms with Gasteiger partial charge in [0.1, 0.15) is 12.2 Å². The zero-order valence-electron chi connectivity index (χ0n) is 12.4. The summed E-state index contributed by atoms with van der Waals surface area (Å²) in [5.74, 6) is 0.246. The number of rotatable bonds is 5. The Balaban J connectivity index is 2.06. The van der Waals surface area contributed by atoms with Crippen molar-refractivity contribution in [2.75, 3.05) is 13.7 Å². The molecule has 5 atom stereocenters. The van der Waals surface area contributed by atoms with Crippen molar-refractivity contribution in [3.05, 3.63) is 35.9 Å². The molecular formula is C16H24O4. The van der Waals surface area contributed by atoms with Crippen LogP contribution in [0.1, 0.15) is 19.4 Å². The zero-order valence-corrected chi connectivity index (χ0v) is 12.4. The first-order chi connectivity index (χ1) is 9.63. The number of hydrogen-bond acceptors (Lipinski definition) is 4. The molecule has 1 fully saturated rings. The molecule has 1 N–H and O–H groups in total. The summed E-state index contributed by atoms with van der Waals surface area (Å²) in [5, 5.41) is 9.88. The molecular weight excluding hydrogens is 256 g/mol. The summed E-state index contributed by atoms with van der Waals surface area (Å²) in [6.07, 6.45) is -1.25. The highest BCUT2D eigenvalue weighted by Crippen LogP contribution is 2.27. The van der Waals surface area contributed by atoms with Crippen LogP contribution >= 0.6 is 0 Å². The van der Waals surface area contributed by atoms with Crippen LogP contribution in [0.2, 0.25) is 0 Å². The van der Waals surface area contributed by atoms with Gasteiger partial charge in [0.25, 0.3) is 0 Å². The van der Waals surface area contributed by atoms with Crippen molar-refractivity contribution < 1.29 is 19.3 Å². The van der Waals surface area contributed by atoms with Crippen molar-refractivity contribution in [3.8, 4) is 0 Å². The minimum atomic E-state index is -0.582. The predicted molar refractivity (Wildman–Crippen MR) is 76.4 cm³/mol. The van der Waals surface area contributed by atoms with Gasteiger partial charge in [-0.2, -0.15) is 0 Å². The maximum atomic E-state index is 9.88. The Kier molecular flexibility index (Phi) is 5.54. The van der Waals surface area contributed by atoms with Crippen LogP contribution in [0.15, 0.2) is 30.3 Å². The number of aliphatic hydroxyl groups is 1. The fraction of sp³-hybridized carbons (Fsp3) is 0.625. The number of aliphatic hydroxyl groups excluding tert-OH is 1. The third kappa shape index (κ3) is 3.58. The molecule has 0 saturated carbocycles. The van der Waals surface area contributed by atoms with E-state index in [-0.39, 0.29) is 24.2 Å². The first-order valence-electron chi connectivity index (χ1n) is 7.11. The van der Waals surface area contributed by atoms with Crippen LogP contribution < -0.4 is 0 Å². The van der Waals surface area contributed by atoms with E-state index in [1.54, 1.807) is 14.0 Å². The molecule has 0 spiro atoms. The lowest BCUT2D eigenvalue weighted by atomic mass is 9.91. The van der Waals surface area contributed by atoms with Gasteiger partial charge in [-0.3, -0.25) is 0 Å². The molecule has 1 aliphatic heterocycles. The molecule has 1 aromatic rings. The van der Waals surface area contributed by atoms with Gasteiger partial charge >= 0.3 is 0 Å². The van der Waals surface area contributed by atoms with Gasteiger partial charge in [0.05, 0.1) is 25.4 Å². The molecule has 1 saturated heterocycles. The highest BCUT2D eigenvalue weighted by atomic mass is 16.6. The summed E-state index contributed by atoms with van der Waals surface area (Å²) in [4.78, 5) is 0. The molecule has 1 aromatic carbocycles. The van der Waals surface area contributed by atoms with Gasteiger partial charge in [-0.15, -0.1) is 0 Å². The van der Waals surface area contributed by atoms with Crippen LogP contribution in [-0.4, -0.2) is 43.2 Å². The highest BCUT2D eigenvalue weighted by Gasteiger charge is 2.41. The van der Waals surface area contributed by atoms with E-state index in [2.05, 4.69) is 6.92 Å². The molecule has 1 heterocycles. The van der Waals surface area contributed by atoms with E-state index in [0.29, 0.717) is 13.2 Å². The van der Waals surface area contributed by atoms with E-state index in [0.717, 1.165) is 5.56 Å². The molecule has 4 nitrogen and oxygen atoms in total. The number of benzene rings is 1. The fourth-order valence-corrected chi connectivity index (χ4v) is 2.70. The second kappa shape index (κ2) is 7.18. The Morgan fingerprint density at radius 2 is 2.00 bits per heavy atom. The minimum absolute atomic E-state index is 0.0629. The van der Waals surface area contributed by atoms with Gasteiger partial charge in [0.2, 0.25) is 0 Å². The Hall–Kier alpha value is -0.940. The molecule has 0 amide bonds. The summed E-state index contributed by atoms with van der Waals surface area (Å²) < 4.78 is 17.3. The first kappa shape index (κ1) is 15.4. The SMILES string of the molecule is CO[C@@H]1[C@@H](OCc2ccccc2)[C@H](C(C)O)OC[C@@H]1C. The Morgan fingerprint density at radius 3 is 2.60 bits per heavy atom. The Labute approximate surface area is 120 Å². The number of methoxy groups -OCH3 is 1. The monoisotopic (exact) mass is 280 g/mol. The van der Waals surface area contributed by atoms with E-state index in [4.69, 9.17) is 14.2 Å². The van der Waals surface area contributed by atoms with Gasteiger partial charge in [0, 0.05) is 13.0 Å². The van der Waals surface area contributed by atoms with E-state index < -0.39 is 6.10 Å². The first-order valence-corrected chi connectivity index (χ1v) is 7.11. The molecule has 2 rings (SSSR count). The van der Waals surface area contributed by atoms with Crippen molar-refractivity contribution in [2.45, 2.75) is 44.9 Å². The van der Waals surface area contributed by atoms with E-state index >= 15 is 0 Å². The van der Waals surface area contributed by atoms with Crippen LogP contribution in [0, 0.1) is 5.92 Å². The summed E-state index contributed by atoms with van der Waals surface area (Å²) in [7, 11) is 1.68. The predicted octanol–water partition coefficient (Wildman–Crippen LogP) is 2.00. The average molecular weight is 280 g/mol. The fourth-order valence-electron chi connectivity index (χ4n) is 2.70. The third-order valence-electron chi connectivity index (χ3n) is 3.79. The van der Waals surface area contributed by atoms with Crippen LogP contribution in [-0.2, 0) is 20.8 Å². The number of ether oxygens (including phenoxy) is 3. The second-order valence-corrected chi connectivity index (χ2v) is 5.48. The third-order valence-corrected chi connectivity index (χ3v) is 3.79. The van der Waals surface area contributed by atoms with E-state index in [1.807, 2.05) is 30.3 Å². The van der Waals surface area contributed by atoms with Crippen molar-refractivity contribution >= 4 is 0 Å². The van der Waals surface area contributed by atoms with E-state index in [1.165, 1.54) is 0 Å². The van der Waals surface area contributed by atoms with Gasteiger partial charge in [-0.1, -0.05) is 37.3 Å². The zero-order chi connectivity index (χ0) is 14.5. The van der Waals surface area contributed by atoms with Crippen molar-refractivity contribution in [2.24, 2.45) is 5.92 Å². The summed E-state index contributed by atoms with van der Waals surface area (Å²) >= 11 is 0. The Morgan fingerprint density at radius 1 is 1.30 bits per heavy atom. The average Bonchev–Trinajstić information content (AvgIpc) is 2.45. The molecule has 0 bridgehead atoms. The van der Waals surface area contributed by atoms with Crippen molar-refractivity contribution in [1.82, 2.24) is 0 Å². The summed E-state index contributed by atoms with van der Waals surface area (Å²) in [6.45, 7) is 4.88. The molecule has 4 heteroatoms. The smallest absolute Gasteiger partial charge is 0.113 e. The Bertz CT molecular complexity index is 391. The second-order valence-electron chi connectivity index (χ2n) is 5.48. The lowest BCUT2D eigenvalue weighted by Crippen LogP contribution is -2.55. The van der Waals surface area contributed by atoms with Gasteiger partial charge in [-0.25, -0.2) is 0 Å². The topological polar surface area (TPSA) is 47.9 Å².